The summed E-state index contributed by atoms with van der Waals surface area (Å²) in [5.41, 5.74) is 0.318. The Kier molecular flexibility index (Phi) is 2.44. The van der Waals surface area contributed by atoms with Crippen LogP contribution in [0.5, 0.6) is 0 Å². The average Bonchev–Trinajstić information content (AvgIpc) is 2.50. The van der Waals surface area contributed by atoms with Crippen molar-refractivity contribution in [2.24, 2.45) is 5.41 Å². The van der Waals surface area contributed by atoms with E-state index in [1.54, 1.807) is 4.90 Å². The van der Waals surface area contributed by atoms with Crippen LogP contribution in [0.15, 0.2) is 0 Å². The highest BCUT2D eigenvalue weighted by atomic mass is 16.2. The summed E-state index contributed by atoms with van der Waals surface area (Å²) in [5.74, 6) is 0.0385. The molecule has 1 N–H and O–H groups in total. The van der Waals surface area contributed by atoms with Crippen molar-refractivity contribution in [2.75, 3.05) is 13.1 Å². The van der Waals surface area contributed by atoms with Crippen LogP contribution in [0.2, 0.25) is 0 Å². The highest BCUT2D eigenvalue weighted by molar-refractivity contribution is 5.92. The van der Waals surface area contributed by atoms with Crippen molar-refractivity contribution in [3.8, 4) is 0 Å². The molecule has 1 saturated carbocycles. The lowest BCUT2D eigenvalue weighted by Gasteiger charge is -2.32. The van der Waals surface area contributed by atoms with E-state index in [-0.39, 0.29) is 30.9 Å². The third kappa shape index (κ3) is 2.13. The lowest BCUT2D eigenvalue weighted by Crippen LogP contribution is -2.54. The molecular formula is C11H18N2O2. The van der Waals surface area contributed by atoms with Gasteiger partial charge >= 0.3 is 0 Å². The van der Waals surface area contributed by atoms with E-state index >= 15 is 0 Å². The fraction of sp³-hybridized carbons (Fsp3) is 0.818. The number of piperazine rings is 1. The zero-order chi connectivity index (χ0) is 11.1. The second-order valence-corrected chi connectivity index (χ2v) is 5.36. The van der Waals surface area contributed by atoms with E-state index < -0.39 is 0 Å². The molecule has 0 aromatic heterocycles. The molecule has 84 valence electrons. The van der Waals surface area contributed by atoms with Gasteiger partial charge in [-0.3, -0.25) is 9.59 Å². The maximum Gasteiger partial charge on any atom is 0.242 e. The maximum absolute atomic E-state index is 11.6. The summed E-state index contributed by atoms with van der Waals surface area (Å²) in [7, 11) is 0. The van der Waals surface area contributed by atoms with Crippen molar-refractivity contribution >= 4 is 11.8 Å². The standard InChI is InChI=1S/C11H18N2O2/c1-11(2)4-3-8(5-11)13-7-9(14)12-6-10(13)15/h8H,3-7H2,1-2H3,(H,12,14). The van der Waals surface area contributed by atoms with Crippen LogP contribution < -0.4 is 5.32 Å². The number of nitrogens with one attached hydrogen (secondary N) is 1. The number of hydrogen-bond acceptors (Lipinski definition) is 2. The minimum Gasteiger partial charge on any atom is -0.345 e. The van der Waals surface area contributed by atoms with Crippen LogP contribution in [0.25, 0.3) is 0 Å². The quantitative estimate of drug-likeness (QED) is 0.686. The molecule has 4 heteroatoms. The van der Waals surface area contributed by atoms with Gasteiger partial charge in [-0.15, -0.1) is 0 Å². The van der Waals surface area contributed by atoms with Crippen molar-refractivity contribution in [3.05, 3.63) is 0 Å². The lowest BCUT2D eigenvalue weighted by molar-refractivity contribution is -0.142. The van der Waals surface area contributed by atoms with Crippen LogP contribution in [-0.4, -0.2) is 35.8 Å². The van der Waals surface area contributed by atoms with Gasteiger partial charge in [-0.25, -0.2) is 0 Å². The zero-order valence-electron chi connectivity index (χ0n) is 9.38. The van der Waals surface area contributed by atoms with E-state index in [1.807, 2.05) is 0 Å². The summed E-state index contributed by atoms with van der Waals surface area (Å²) in [4.78, 5) is 24.6. The molecule has 0 aromatic rings. The Hall–Kier alpha value is -1.06. The Morgan fingerprint density at radius 1 is 1.40 bits per heavy atom. The number of rotatable bonds is 1. The summed E-state index contributed by atoms with van der Waals surface area (Å²) in [6, 6.07) is 0.276. The Morgan fingerprint density at radius 3 is 2.73 bits per heavy atom. The summed E-state index contributed by atoms with van der Waals surface area (Å²) in [6.45, 7) is 4.87. The number of nitrogens with zero attached hydrogens (tertiary/aromatic N) is 1. The molecule has 2 amide bonds. The van der Waals surface area contributed by atoms with Crippen LogP contribution >= 0.6 is 0 Å². The van der Waals surface area contributed by atoms with Gasteiger partial charge in [0.1, 0.15) is 0 Å². The molecule has 1 saturated heterocycles. The molecule has 1 heterocycles. The van der Waals surface area contributed by atoms with Gasteiger partial charge in [0.25, 0.3) is 0 Å². The predicted octanol–water partition coefficient (Wildman–Crippen LogP) is 0.524. The molecule has 4 nitrogen and oxygen atoms in total. The minimum absolute atomic E-state index is 0.0284. The van der Waals surface area contributed by atoms with Crippen molar-refractivity contribution in [1.29, 1.82) is 0 Å². The summed E-state index contributed by atoms with van der Waals surface area (Å²) < 4.78 is 0. The monoisotopic (exact) mass is 210 g/mol. The number of carbonyl (C=O) groups excluding carboxylic acids is 2. The summed E-state index contributed by atoms with van der Waals surface area (Å²) in [5, 5.41) is 2.58. The van der Waals surface area contributed by atoms with E-state index in [4.69, 9.17) is 0 Å². The van der Waals surface area contributed by atoms with Gasteiger partial charge in [0, 0.05) is 6.04 Å². The van der Waals surface area contributed by atoms with Crippen molar-refractivity contribution < 1.29 is 9.59 Å². The van der Waals surface area contributed by atoms with E-state index in [2.05, 4.69) is 19.2 Å². The van der Waals surface area contributed by atoms with Crippen LogP contribution in [-0.2, 0) is 9.59 Å². The van der Waals surface area contributed by atoms with E-state index in [0.717, 1.165) is 19.3 Å². The molecule has 1 atom stereocenters. The first-order chi connectivity index (χ1) is 6.98. The SMILES string of the molecule is CC1(C)CCC(N2CC(=O)NCC2=O)C1. The van der Waals surface area contributed by atoms with Crippen molar-refractivity contribution in [2.45, 2.75) is 39.2 Å². The van der Waals surface area contributed by atoms with Gasteiger partial charge in [0.05, 0.1) is 13.1 Å². The number of carbonyl (C=O) groups is 2. The fourth-order valence-electron chi connectivity index (χ4n) is 2.57. The van der Waals surface area contributed by atoms with Crippen LogP contribution in [0, 0.1) is 5.41 Å². The Labute approximate surface area is 90.0 Å². The van der Waals surface area contributed by atoms with Gasteiger partial charge < -0.3 is 10.2 Å². The summed E-state index contributed by atoms with van der Waals surface area (Å²) >= 11 is 0. The first-order valence-corrected chi connectivity index (χ1v) is 5.54. The van der Waals surface area contributed by atoms with Gasteiger partial charge in [0.2, 0.25) is 11.8 Å². The molecular weight excluding hydrogens is 192 g/mol. The molecule has 1 aliphatic heterocycles. The molecule has 1 aliphatic carbocycles. The molecule has 0 bridgehead atoms. The normalized spacial score (nSPS) is 30.5. The average molecular weight is 210 g/mol. The van der Waals surface area contributed by atoms with Gasteiger partial charge in [-0.1, -0.05) is 13.8 Å². The Bertz CT molecular complexity index is 299. The molecule has 0 spiro atoms. The van der Waals surface area contributed by atoms with Crippen LogP contribution in [0.3, 0.4) is 0 Å². The van der Waals surface area contributed by atoms with Crippen molar-refractivity contribution in [3.63, 3.8) is 0 Å². The van der Waals surface area contributed by atoms with Gasteiger partial charge in [-0.2, -0.15) is 0 Å². The van der Waals surface area contributed by atoms with Crippen LogP contribution in [0.4, 0.5) is 0 Å². The number of hydrogen-bond donors (Lipinski definition) is 1. The Balaban J connectivity index is 2.04. The zero-order valence-corrected chi connectivity index (χ0v) is 9.38. The second-order valence-electron chi connectivity index (χ2n) is 5.36. The molecule has 1 unspecified atom stereocenters. The largest absolute Gasteiger partial charge is 0.345 e. The van der Waals surface area contributed by atoms with E-state index in [9.17, 15) is 9.59 Å². The third-order valence-electron chi connectivity index (χ3n) is 3.45. The molecule has 2 rings (SSSR count). The molecule has 15 heavy (non-hydrogen) atoms. The van der Waals surface area contributed by atoms with E-state index in [0.29, 0.717) is 5.41 Å². The Morgan fingerprint density at radius 2 is 2.13 bits per heavy atom. The first kappa shape index (κ1) is 10.5. The van der Waals surface area contributed by atoms with Gasteiger partial charge in [-0.05, 0) is 24.7 Å². The van der Waals surface area contributed by atoms with Crippen LogP contribution in [0.1, 0.15) is 33.1 Å². The predicted molar refractivity (Wildman–Crippen MR) is 56.1 cm³/mol. The molecule has 0 aromatic carbocycles. The smallest absolute Gasteiger partial charge is 0.242 e. The van der Waals surface area contributed by atoms with Crippen molar-refractivity contribution in [1.82, 2.24) is 10.2 Å². The highest BCUT2D eigenvalue weighted by Gasteiger charge is 2.38. The number of amides is 2. The minimum atomic E-state index is -0.0284. The fourth-order valence-corrected chi connectivity index (χ4v) is 2.57. The molecule has 2 fully saturated rings. The summed E-state index contributed by atoms with van der Waals surface area (Å²) in [6.07, 6.45) is 3.20. The van der Waals surface area contributed by atoms with Gasteiger partial charge in [0.15, 0.2) is 0 Å². The molecule has 2 aliphatic rings. The lowest BCUT2D eigenvalue weighted by atomic mass is 9.91. The first-order valence-electron chi connectivity index (χ1n) is 5.54. The highest BCUT2D eigenvalue weighted by Crippen LogP contribution is 2.39. The maximum atomic E-state index is 11.6. The van der Waals surface area contributed by atoms with E-state index in [1.165, 1.54) is 0 Å². The second kappa shape index (κ2) is 3.51. The third-order valence-corrected chi connectivity index (χ3v) is 3.45. The molecule has 0 radical (unpaired) electrons. The topological polar surface area (TPSA) is 49.4 Å².